The molecule has 0 saturated carbocycles. The Morgan fingerprint density at radius 2 is 1.56 bits per heavy atom. The first kappa shape index (κ1) is 36.5. The Bertz CT molecular complexity index is 2150. The number of primary amides is 1. The van der Waals surface area contributed by atoms with Crippen molar-refractivity contribution in [3.05, 3.63) is 59.5 Å². The molecule has 17 nitrogen and oxygen atoms in total. The Labute approximate surface area is 329 Å². The highest BCUT2D eigenvalue weighted by Crippen LogP contribution is 2.37. The number of fused-ring (bicyclic) bond motifs is 1. The van der Waals surface area contributed by atoms with Gasteiger partial charge in [0.2, 0.25) is 17.7 Å². The van der Waals surface area contributed by atoms with Crippen LogP contribution in [0.5, 0.6) is 0 Å². The largest absolute Gasteiger partial charge is 0.371 e. The first-order valence-corrected chi connectivity index (χ1v) is 19.9. The number of nitrogens with two attached hydrogens (primary N) is 1. The van der Waals surface area contributed by atoms with Crippen LogP contribution in [0.1, 0.15) is 82.6 Å². The molecule has 0 spiro atoms. The summed E-state index contributed by atoms with van der Waals surface area (Å²) in [6.45, 7) is 5.68. The third-order valence-corrected chi connectivity index (χ3v) is 12.5. The second-order valence-electron chi connectivity index (χ2n) is 15.9. The number of hydrogen-bond acceptors (Lipinski definition) is 13. The predicted octanol–water partition coefficient (Wildman–Crippen LogP) is 2.06. The zero-order valence-corrected chi connectivity index (χ0v) is 31.6. The monoisotopic (exact) mass is 775 g/mol. The van der Waals surface area contributed by atoms with Crippen molar-refractivity contribution in [1.82, 2.24) is 30.1 Å². The van der Waals surface area contributed by atoms with Crippen LogP contribution in [0.4, 0.5) is 28.8 Å². The molecule has 0 radical (unpaired) electrons. The van der Waals surface area contributed by atoms with Gasteiger partial charge in [-0.25, -0.2) is 15.0 Å². The molecular weight excluding hydrogens is 731 g/mol. The molecule has 4 N–H and O–H groups in total. The van der Waals surface area contributed by atoms with Crippen LogP contribution in [0.3, 0.4) is 0 Å². The topological polar surface area (TPSA) is 207 Å². The van der Waals surface area contributed by atoms with Crippen LogP contribution in [0, 0.1) is 11.8 Å². The molecule has 5 fully saturated rings. The van der Waals surface area contributed by atoms with E-state index in [1.54, 1.807) is 24.5 Å². The van der Waals surface area contributed by atoms with Crippen LogP contribution < -0.4 is 31.1 Å². The minimum Gasteiger partial charge on any atom is -0.371 e. The lowest BCUT2D eigenvalue weighted by Crippen LogP contribution is -2.54. The predicted molar refractivity (Wildman–Crippen MR) is 208 cm³/mol. The number of pyridine rings is 1. The van der Waals surface area contributed by atoms with Gasteiger partial charge in [-0.2, -0.15) is 0 Å². The van der Waals surface area contributed by atoms with Crippen molar-refractivity contribution in [2.24, 2.45) is 17.6 Å². The van der Waals surface area contributed by atoms with E-state index in [9.17, 15) is 28.8 Å². The van der Waals surface area contributed by atoms with Crippen LogP contribution >= 0.6 is 0 Å². The van der Waals surface area contributed by atoms with Gasteiger partial charge in [0.05, 0.1) is 29.2 Å². The molecule has 296 valence electrons. The van der Waals surface area contributed by atoms with Crippen molar-refractivity contribution in [3.8, 4) is 0 Å². The molecule has 2 aromatic heterocycles. The van der Waals surface area contributed by atoms with Gasteiger partial charge in [-0.3, -0.25) is 39.0 Å². The fourth-order valence-corrected chi connectivity index (χ4v) is 9.34. The van der Waals surface area contributed by atoms with Crippen molar-refractivity contribution in [2.75, 3.05) is 65.8 Å². The highest BCUT2D eigenvalue weighted by Gasteiger charge is 2.45. The van der Waals surface area contributed by atoms with Crippen LogP contribution in [-0.4, -0.2) is 118 Å². The molecule has 57 heavy (non-hydrogen) atoms. The lowest BCUT2D eigenvalue weighted by Gasteiger charge is -2.47. The van der Waals surface area contributed by atoms with E-state index in [0.29, 0.717) is 41.9 Å². The van der Waals surface area contributed by atoms with Crippen molar-refractivity contribution >= 4 is 64.3 Å². The van der Waals surface area contributed by atoms with Gasteiger partial charge >= 0.3 is 0 Å². The molecule has 1 unspecified atom stereocenters. The number of aromatic nitrogens is 3. The van der Waals surface area contributed by atoms with E-state index in [1.165, 1.54) is 0 Å². The van der Waals surface area contributed by atoms with Crippen molar-refractivity contribution in [1.29, 1.82) is 0 Å². The summed E-state index contributed by atoms with van der Waals surface area (Å²) in [4.78, 5) is 98.7. The van der Waals surface area contributed by atoms with Gasteiger partial charge in [0.15, 0.2) is 11.5 Å². The first-order valence-electron chi connectivity index (χ1n) is 19.9. The molecule has 3 aromatic rings. The Morgan fingerprint density at radius 3 is 2.28 bits per heavy atom. The first-order chi connectivity index (χ1) is 27.6. The highest BCUT2D eigenvalue weighted by molar-refractivity contribution is 6.23. The standard InChI is InChI=1S/C40H45N11O6/c41-36(54)35-37(45-32(19-43-35)48-13-1-3-27(22-48)50-14-2-4-34(50)53)44-25-5-9-31(42-18-25)49-20-24(21-49)23-11-15-47(16-12-23)26-6-7-28-29(17-26)40(57)51(39(28)56)30-8-10-33(52)46-38(30)55/h5-7,9,17-19,23-24,27,30H,1-4,8,10-16,20-22H2,(H2,41,54)(H,44,45)(H,46,52,55)/t27-,30?/m1/s1. The fraction of sp³-hybridized carbons (Fsp3) is 0.475. The number of imide groups is 2. The Balaban J connectivity index is 0.782. The van der Waals surface area contributed by atoms with Crippen LogP contribution in [0.15, 0.2) is 42.7 Å². The Morgan fingerprint density at radius 1 is 0.754 bits per heavy atom. The molecule has 0 aliphatic carbocycles. The van der Waals surface area contributed by atoms with E-state index in [0.717, 1.165) is 87.8 Å². The molecule has 1 aromatic carbocycles. The summed E-state index contributed by atoms with van der Waals surface area (Å²) in [5.74, 6) is 0.343. The zero-order chi connectivity index (χ0) is 39.4. The normalized spacial score (nSPS) is 23.2. The number of carbonyl (C=O) groups excluding carboxylic acids is 6. The molecular formula is C40H45N11O6. The van der Waals surface area contributed by atoms with Crippen LogP contribution in [-0.2, 0) is 14.4 Å². The molecule has 9 rings (SSSR count). The number of piperidine rings is 3. The van der Waals surface area contributed by atoms with Crippen LogP contribution in [0.25, 0.3) is 0 Å². The molecule has 5 saturated heterocycles. The van der Waals surface area contributed by atoms with E-state index in [2.05, 4.69) is 30.3 Å². The number of anilines is 5. The average molecular weight is 776 g/mol. The lowest BCUT2D eigenvalue weighted by atomic mass is 9.79. The smallest absolute Gasteiger partial charge is 0.271 e. The van der Waals surface area contributed by atoms with Gasteiger partial charge in [0, 0.05) is 70.4 Å². The van der Waals surface area contributed by atoms with Crippen molar-refractivity contribution in [3.63, 3.8) is 0 Å². The number of nitrogens with one attached hydrogen (secondary N) is 2. The molecule has 6 aliphatic rings. The maximum atomic E-state index is 13.3. The number of rotatable bonds is 9. The van der Waals surface area contributed by atoms with Gasteiger partial charge in [-0.1, -0.05) is 0 Å². The van der Waals surface area contributed by atoms with E-state index in [-0.39, 0.29) is 41.9 Å². The quantitative estimate of drug-likeness (QED) is 0.267. The molecule has 0 bridgehead atoms. The summed E-state index contributed by atoms with van der Waals surface area (Å²) in [6.07, 6.45) is 8.88. The molecule has 6 aliphatic heterocycles. The molecule has 2 atom stereocenters. The molecule has 8 heterocycles. The Hall–Kier alpha value is -6.13. The maximum Gasteiger partial charge on any atom is 0.271 e. The fourth-order valence-electron chi connectivity index (χ4n) is 9.34. The van der Waals surface area contributed by atoms with E-state index >= 15 is 0 Å². The molecule has 17 heteroatoms. The summed E-state index contributed by atoms with van der Waals surface area (Å²) in [6, 6.07) is 8.31. The zero-order valence-electron chi connectivity index (χ0n) is 31.6. The summed E-state index contributed by atoms with van der Waals surface area (Å²) < 4.78 is 0. The third-order valence-electron chi connectivity index (χ3n) is 12.5. The summed E-state index contributed by atoms with van der Waals surface area (Å²) >= 11 is 0. The number of likely N-dealkylation sites (tertiary alicyclic amines) is 1. The number of benzene rings is 1. The average Bonchev–Trinajstić information content (AvgIpc) is 3.74. The van der Waals surface area contributed by atoms with E-state index in [1.807, 2.05) is 23.1 Å². The number of carbonyl (C=O) groups is 6. The van der Waals surface area contributed by atoms with Gasteiger partial charge in [-0.05, 0) is 80.7 Å². The third kappa shape index (κ3) is 6.88. The van der Waals surface area contributed by atoms with Crippen LogP contribution in [0.2, 0.25) is 0 Å². The van der Waals surface area contributed by atoms with E-state index in [4.69, 9.17) is 15.7 Å². The van der Waals surface area contributed by atoms with Gasteiger partial charge in [0.25, 0.3) is 17.7 Å². The van der Waals surface area contributed by atoms with Gasteiger partial charge < -0.3 is 30.7 Å². The van der Waals surface area contributed by atoms with Crippen molar-refractivity contribution < 1.29 is 28.8 Å². The number of amides is 6. The Kier molecular flexibility index (Phi) is 9.44. The number of nitrogens with zero attached hydrogens (tertiary/aromatic N) is 8. The molecule has 6 amide bonds. The summed E-state index contributed by atoms with van der Waals surface area (Å²) in [5, 5.41) is 5.45. The summed E-state index contributed by atoms with van der Waals surface area (Å²) in [7, 11) is 0. The van der Waals surface area contributed by atoms with E-state index < -0.39 is 35.6 Å². The minimum absolute atomic E-state index is 0.0407. The second-order valence-corrected chi connectivity index (χ2v) is 15.9. The second kappa shape index (κ2) is 14.7. The maximum absolute atomic E-state index is 13.3. The van der Waals surface area contributed by atoms with Crippen molar-refractivity contribution in [2.45, 2.75) is 63.5 Å². The highest BCUT2D eigenvalue weighted by atomic mass is 16.2. The minimum atomic E-state index is -0.982. The lowest BCUT2D eigenvalue weighted by molar-refractivity contribution is -0.136. The number of hydrogen-bond donors (Lipinski definition) is 3. The SMILES string of the molecule is NC(=O)c1ncc(N2CCC[C@@H](N3CCCC3=O)C2)nc1Nc1ccc(N2CC(C3CCN(c4ccc5c(c4)C(=O)N(C4CCC(=O)NC4=O)C5=O)CC3)C2)nc1. The van der Waals surface area contributed by atoms with Gasteiger partial charge in [-0.15, -0.1) is 0 Å². The summed E-state index contributed by atoms with van der Waals surface area (Å²) in [5.41, 5.74) is 7.82. The van der Waals surface area contributed by atoms with Gasteiger partial charge in [0.1, 0.15) is 17.7 Å².